The number of nitrogens with zero attached hydrogens (tertiary/aromatic N) is 1. The number of amides is 2. The quantitative estimate of drug-likeness (QED) is 0.499. The Hall–Kier alpha value is -3.50. The summed E-state index contributed by atoms with van der Waals surface area (Å²) in [5, 5.41) is 4.73. The Morgan fingerprint density at radius 3 is 2.42 bits per heavy atom. The van der Waals surface area contributed by atoms with E-state index in [0.717, 1.165) is 18.2 Å². The molecule has 1 aromatic heterocycles. The lowest BCUT2D eigenvalue weighted by Crippen LogP contribution is -2.32. The molecule has 3 aromatic rings. The van der Waals surface area contributed by atoms with Gasteiger partial charge >= 0.3 is 0 Å². The Morgan fingerprint density at radius 2 is 1.77 bits per heavy atom. The van der Waals surface area contributed by atoms with Crippen molar-refractivity contribution in [1.82, 2.24) is 10.3 Å². The lowest BCUT2D eigenvalue weighted by molar-refractivity contribution is -0.115. The molecule has 160 valence electrons. The maximum atomic E-state index is 13.2. The number of benzene rings is 2. The molecule has 0 bridgehead atoms. The maximum absolute atomic E-state index is 13.2. The molecule has 8 nitrogen and oxygen atoms in total. The predicted molar refractivity (Wildman–Crippen MR) is 114 cm³/mol. The van der Waals surface area contributed by atoms with Crippen molar-refractivity contribution in [1.29, 1.82) is 0 Å². The number of anilines is 2. The molecule has 0 saturated heterocycles. The highest BCUT2D eigenvalue weighted by molar-refractivity contribution is 7.92. The van der Waals surface area contributed by atoms with E-state index in [2.05, 4.69) is 20.3 Å². The van der Waals surface area contributed by atoms with E-state index in [4.69, 9.17) is 11.6 Å². The minimum Gasteiger partial charge on any atom is -0.343 e. The standard InChI is InChI=1S/C20H16ClFN4O4S/c21-17-10-16(7-8-18(17)22)31(29,30)26-14-5-3-13(4-6-14)20(28)24-12-19(27)25-15-2-1-9-23-11-15/h1-11,26H,12H2,(H,24,28)(H,25,27). The zero-order valence-electron chi connectivity index (χ0n) is 15.8. The number of pyridine rings is 1. The van der Waals surface area contributed by atoms with Crippen molar-refractivity contribution in [3.8, 4) is 0 Å². The summed E-state index contributed by atoms with van der Waals surface area (Å²) in [7, 11) is -4.00. The number of carbonyl (C=O) groups excluding carboxylic acids is 2. The molecule has 0 unspecified atom stereocenters. The van der Waals surface area contributed by atoms with Crippen LogP contribution < -0.4 is 15.4 Å². The summed E-state index contributed by atoms with van der Waals surface area (Å²) >= 11 is 5.63. The second kappa shape index (κ2) is 9.54. The Kier molecular flexibility index (Phi) is 6.83. The molecule has 31 heavy (non-hydrogen) atoms. The molecule has 2 aromatic carbocycles. The summed E-state index contributed by atoms with van der Waals surface area (Å²) in [5.74, 6) is -1.67. The lowest BCUT2D eigenvalue weighted by Gasteiger charge is -2.10. The fourth-order valence-corrected chi connectivity index (χ4v) is 3.78. The van der Waals surface area contributed by atoms with Gasteiger partial charge in [0.15, 0.2) is 0 Å². The van der Waals surface area contributed by atoms with Crippen molar-refractivity contribution in [3.05, 3.63) is 83.4 Å². The molecule has 1 heterocycles. The number of hydrogen-bond acceptors (Lipinski definition) is 5. The maximum Gasteiger partial charge on any atom is 0.261 e. The Morgan fingerprint density at radius 1 is 1.03 bits per heavy atom. The third kappa shape index (κ3) is 6.00. The SMILES string of the molecule is O=C(CNC(=O)c1ccc(NS(=O)(=O)c2ccc(F)c(Cl)c2)cc1)Nc1cccnc1. The zero-order valence-corrected chi connectivity index (χ0v) is 17.4. The van der Waals surface area contributed by atoms with E-state index in [9.17, 15) is 22.4 Å². The third-order valence-electron chi connectivity index (χ3n) is 3.96. The zero-order chi connectivity index (χ0) is 22.4. The van der Waals surface area contributed by atoms with Gasteiger partial charge in [-0.25, -0.2) is 12.8 Å². The molecule has 0 aliphatic heterocycles. The van der Waals surface area contributed by atoms with Crippen LogP contribution in [0, 0.1) is 5.82 Å². The smallest absolute Gasteiger partial charge is 0.261 e. The first-order valence-electron chi connectivity index (χ1n) is 8.80. The third-order valence-corrected chi connectivity index (χ3v) is 5.62. The fourth-order valence-electron chi connectivity index (χ4n) is 2.45. The van der Waals surface area contributed by atoms with Crippen LogP contribution in [0.25, 0.3) is 0 Å². The number of halogens is 2. The first-order valence-corrected chi connectivity index (χ1v) is 10.7. The molecular weight excluding hydrogens is 447 g/mol. The van der Waals surface area contributed by atoms with Gasteiger partial charge in [-0.15, -0.1) is 0 Å². The van der Waals surface area contributed by atoms with Gasteiger partial charge in [0.1, 0.15) is 5.82 Å². The molecule has 0 aliphatic rings. The summed E-state index contributed by atoms with van der Waals surface area (Å²) in [6.45, 7) is -0.257. The summed E-state index contributed by atoms with van der Waals surface area (Å²) in [6, 6.07) is 11.9. The van der Waals surface area contributed by atoms with Crippen LogP contribution in [0.5, 0.6) is 0 Å². The largest absolute Gasteiger partial charge is 0.343 e. The van der Waals surface area contributed by atoms with Crippen molar-refractivity contribution in [2.75, 3.05) is 16.6 Å². The average molecular weight is 463 g/mol. The minimum absolute atomic E-state index is 0.186. The monoisotopic (exact) mass is 462 g/mol. The second-order valence-corrected chi connectivity index (χ2v) is 8.32. The molecular formula is C20H16ClFN4O4S. The van der Waals surface area contributed by atoms with E-state index in [0.29, 0.717) is 5.69 Å². The molecule has 0 aliphatic carbocycles. The first-order chi connectivity index (χ1) is 14.7. The number of hydrogen-bond donors (Lipinski definition) is 3. The molecule has 0 radical (unpaired) electrons. The van der Waals surface area contributed by atoms with E-state index >= 15 is 0 Å². The highest BCUT2D eigenvalue weighted by Gasteiger charge is 2.16. The van der Waals surface area contributed by atoms with Crippen LogP contribution in [0.4, 0.5) is 15.8 Å². The van der Waals surface area contributed by atoms with Crippen LogP contribution in [-0.2, 0) is 14.8 Å². The topological polar surface area (TPSA) is 117 Å². The molecule has 0 atom stereocenters. The predicted octanol–water partition coefficient (Wildman–Crippen LogP) is 3.04. The summed E-state index contributed by atoms with van der Waals surface area (Å²) in [6.07, 6.45) is 3.04. The Bertz CT molecular complexity index is 1210. The molecule has 2 amide bonds. The van der Waals surface area contributed by atoms with Crippen LogP contribution >= 0.6 is 11.6 Å². The van der Waals surface area contributed by atoms with Gasteiger partial charge in [0.2, 0.25) is 5.91 Å². The van der Waals surface area contributed by atoms with E-state index < -0.39 is 27.7 Å². The van der Waals surface area contributed by atoms with Gasteiger partial charge in [-0.2, -0.15) is 0 Å². The van der Waals surface area contributed by atoms with E-state index in [1.807, 2.05) is 0 Å². The van der Waals surface area contributed by atoms with Crippen molar-refractivity contribution in [3.63, 3.8) is 0 Å². The summed E-state index contributed by atoms with van der Waals surface area (Å²) < 4.78 is 40.3. The van der Waals surface area contributed by atoms with Crippen molar-refractivity contribution < 1.29 is 22.4 Å². The van der Waals surface area contributed by atoms with Gasteiger partial charge in [0.25, 0.3) is 15.9 Å². The van der Waals surface area contributed by atoms with E-state index in [1.165, 1.54) is 30.5 Å². The Labute approximate surface area is 182 Å². The van der Waals surface area contributed by atoms with E-state index in [-0.39, 0.29) is 27.7 Å². The molecule has 3 N–H and O–H groups in total. The summed E-state index contributed by atoms with van der Waals surface area (Å²) in [4.78, 5) is 27.7. The average Bonchev–Trinajstić information content (AvgIpc) is 2.75. The highest BCUT2D eigenvalue weighted by Crippen LogP contribution is 2.22. The number of carbonyl (C=O) groups is 2. The van der Waals surface area contributed by atoms with Crippen molar-refractivity contribution in [2.45, 2.75) is 4.90 Å². The van der Waals surface area contributed by atoms with Gasteiger partial charge in [-0.3, -0.25) is 19.3 Å². The molecule has 0 fully saturated rings. The first kappa shape index (κ1) is 22.2. The van der Waals surface area contributed by atoms with Gasteiger partial charge < -0.3 is 10.6 Å². The van der Waals surface area contributed by atoms with Crippen LogP contribution in [0.3, 0.4) is 0 Å². The van der Waals surface area contributed by atoms with Gasteiger partial charge in [-0.05, 0) is 54.6 Å². The number of nitrogens with one attached hydrogen (secondary N) is 3. The second-order valence-electron chi connectivity index (χ2n) is 6.23. The number of sulfonamides is 1. The normalized spacial score (nSPS) is 10.9. The highest BCUT2D eigenvalue weighted by atomic mass is 35.5. The molecule has 11 heteroatoms. The van der Waals surface area contributed by atoms with Crippen molar-refractivity contribution >= 4 is 44.8 Å². The van der Waals surface area contributed by atoms with Crippen LogP contribution in [-0.4, -0.2) is 31.8 Å². The number of aromatic nitrogens is 1. The fraction of sp³-hybridized carbons (Fsp3) is 0.0500. The number of rotatable bonds is 7. The Balaban J connectivity index is 1.58. The summed E-state index contributed by atoms with van der Waals surface area (Å²) in [5.41, 5.74) is 0.911. The van der Waals surface area contributed by atoms with Gasteiger partial charge in [0.05, 0.1) is 28.3 Å². The molecule has 0 saturated carbocycles. The van der Waals surface area contributed by atoms with Crippen LogP contribution in [0.1, 0.15) is 10.4 Å². The van der Waals surface area contributed by atoms with Gasteiger partial charge in [-0.1, -0.05) is 11.6 Å². The van der Waals surface area contributed by atoms with Crippen molar-refractivity contribution in [2.24, 2.45) is 0 Å². The van der Waals surface area contributed by atoms with Gasteiger partial charge in [0, 0.05) is 17.4 Å². The minimum atomic E-state index is -4.00. The lowest BCUT2D eigenvalue weighted by atomic mass is 10.2. The van der Waals surface area contributed by atoms with Crippen LogP contribution in [0.15, 0.2) is 71.9 Å². The van der Waals surface area contributed by atoms with E-state index in [1.54, 1.807) is 18.3 Å². The molecule has 0 spiro atoms. The van der Waals surface area contributed by atoms with Crippen LogP contribution in [0.2, 0.25) is 5.02 Å². The molecule has 3 rings (SSSR count).